The largest absolute Gasteiger partial charge is 0.391 e. The van der Waals surface area contributed by atoms with Crippen LogP contribution >= 0.6 is 0 Å². The number of halogens is 3. The quantitative estimate of drug-likeness (QED) is 0.828. The zero-order chi connectivity index (χ0) is 12.7. The van der Waals surface area contributed by atoms with Gasteiger partial charge in [0.1, 0.15) is 5.60 Å². The number of hydrogen-bond donors (Lipinski definition) is 1. The number of aliphatic hydroxyl groups is 1. The SMILES string of the molecule is Cn1nccc1C1(O)CCC(C(F)(F)F)CC1. The zero-order valence-electron chi connectivity index (χ0n) is 9.54. The van der Waals surface area contributed by atoms with Crippen molar-refractivity contribution in [3.63, 3.8) is 0 Å². The lowest BCUT2D eigenvalue weighted by Gasteiger charge is -2.36. The molecule has 0 amide bonds. The lowest BCUT2D eigenvalue weighted by molar-refractivity contribution is -0.193. The van der Waals surface area contributed by atoms with Gasteiger partial charge >= 0.3 is 6.18 Å². The van der Waals surface area contributed by atoms with Crippen LogP contribution in [0.3, 0.4) is 0 Å². The number of aromatic nitrogens is 2. The molecular weight excluding hydrogens is 233 g/mol. The van der Waals surface area contributed by atoms with E-state index in [4.69, 9.17) is 0 Å². The molecule has 96 valence electrons. The fourth-order valence-corrected chi connectivity index (χ4v) is 2.51. The van der Waals surface area contributed by atoms with Crippen molar-refractivity contribution < 1.29 is 18.3 Å². The van der Waals surface area contributed by atoms with Crippen LogP contribution in [0, 0.1) is 5.92 Å². The van der Waals surface area contributed by atoms with Gasteiger partial charge in [-0.2, -0.15) is 18.3 Å². The van der Waals surface area contributed by atoms with Crippen LogP contribution in [-0.4, -0.2) is 21.1 Å². The van der Waals surface area contributed by atoms with E-state index in [2.05, 4.69) is 5.10 Å². The Morgan fingerprint density at radius 2 is 2.00 bits per heavy atom. The van der Waals surface area contributed by atoms with Gasteiger partial charge in [0, 0.05) is 13.2 Å². The maximum atomic E-state index is 12.5. The summed E-state index contributed by atoms with van der Waals surface area (Å²) in [5.41, 5.74) is -0.564. The van der Waals surface area contributed by atoms with E-state index in [0.29, 0.717) is 5.69 Å². The Bertz CT molecular complexity index is 392. The number of hydrogen-bond acceptors (Lipinski definition) is 2. The summed E-state index contributed by atoms with van der Waals surface area (Å²) >= 11 is 0. The van der Waals surface area contributed by atoms with Crippen LogP contribution in [0.4, 0.5) is 13.2 Å². The first-order valence-electron chi connectivity index (χ1n) is 5.60. The predicted octanol–water partition coefficient (Wildman–Crippen LogP) is 2.36. The lowest BCUT2D eigenvalue weighted by Crippen LogP contribution is -2.37. The summed E-state index contributed by atoms with van der Waals surface area (Å²) in [6.45, 7) is 0. The Balaban J connectivity index is 2.11. The molecule has 1 aliphatic carbocycles. The normalized spacial score (nSPS) is 30.5. The van der Waals surface area contributed by atoms with Gasteiger partial charge in [0.25, 0.3) is 0 Å². The summed E-state index contributed by atoms with van der Waals surface area (Å²) in [7, 11) is 1.68. The minimum atomic E-state index is -4.15. The van der Waals surface area contributed by atoms with Crippen molar-refractivity contribution in [3.05, 3.63) is 18.0 Å². The van der Waals surface area contributed by atoms with E-state index in [-0.39, 0.29) is 25.7 Å². The summed E-state index contributed by atoms with van der Waals surface area (Å²) in [6.07, 6.45) is -2.37. The highest BCUT2D eigenvalue weighted by Gasteiger charge is 2.46. The molecule has 1 aromatic rings. The zero-order valence-corrected chi connectivity index (χ0v) is 9.54. The molecule has 6 heteroatoms. The van der Waals surface area contributed by atoms with Crippen LogP contribution in [0.15, 0.2) is 12.3 Å². The summed E-state index contributed by atoms with van der Waals surface area (Å²) in [4.78, 5) is 0. The Kier molecular flexibility index (Phi) is 2.93. The molecule has 0 aromatic carbocycles. The highest BCUT2D eigenvalue weighted by atomic mass is 19.4. The third-order valence-corrected chi connectivity index (χ3v) is 3.57. The molecule has 1 N–H and O–H groups in total. The third-order valence-electron chi connectivity index (χ3n) is 3.57. The molecule has 2 rings (SSSR count). The molecule has 1 heterocycles. The van der Waals surface area contributed by atoms with Gasteiger partial charge in [-0.3, -0.25) is 4.68 Å². The molecule has 0 bridgehead atoms. The van der Waals surface area contributed by atoms with Crippen molar-refractivity contribution in [3.8, 4) is 0 Å². The smallest absolute Gasteiger partial charge is 0.384 e. The molecule has 0 aliphatic heterocycles. The predicted molar refractivity (Wildman–Crippen MR) is 55.1 cm³/mol. The molecular formula is C11H15F3N2O. The number of nitrogens with zero attached hydrogens (tertiary/aromatic N) is 2. The molecule has 0 saturated heterocycles. The maximum Gasteiger partial charge on any atom is 0.391 e. The Morgan fingerprint density at radius 3 is 2.41 bits per heavy atom. The van der Waals surface area contributed by atoms with E-state index in [0.717, 1.165) is 0 Å². The molecule has 1 saturated carbocycles. The van der Waals surface area contributed by atoms with E-state index >= 15 is 0 Å². The molecule has 0 unspecified atom stereocenters. The van der Waals surface area contributed by atoms with E-state index in [9.17, 15) is 18.3 Å². The first-order chi connectivity index (χ1) is 7.83. The van der Waals surface area contributed by atoms with Gasteiger partial charge in [-0.05, 0) is 31.7 Å². The maximum absolute atomic E-state index is 12.5. The van der Waals surface area contributed by atoms with Crippen LogP contribution in [0.2, 0.25) is 0 Å². The molecule has 1 aliphatic rings. The molecule has 0 radical (unpaired) electrons. The van der Waals surface area contributed by atoms with Gasteiger partial charge in [0.2, 0.25) is 0 Å². The first-order valence-corrected chi connectivity index (χ1v) is 5.60. The Hall–Kier alpha value is -1.04. The van der Waals surface area contributed by atoms with Crippen molar-refractivity contribution in [2.24, 2.45) is 13.0 Å². The van der Waals surface area contributed by atoms with Gasteiger partial charge in [-0.25, -0.2) is 0 Å². The average molecular weight is 248 g/mol. The second kappa shape index (κ2) is 4.01. The van der Waals surface area contributed by atoms with E-state index < -0.39 is 17.7 Å². The van der Waals surface area contributed by atoms with Crippen molar-refractivity contribution in [2.75, 3.05) is 0 Å². The standard InChI is InChI=1S/C11H15F3N2O/c1-16-9(4-7-15-16)10(17)5-2-8(3-6-10)11(12,13)14/h4,7-8,17H,2-3,5-6H2,1H3. The fraction of sp³-hybridized carbons (Fsp3) is 0.727. The van der Waals surface area contributed by atoms with Gasteiger partial charge in [0.15, 0.2) is 0 Å². The van der Waals surface area contributed by atoms with Gasteiger partial charge in [0.05, 0.1) is 11.6 Å². The summed E-state index contributed by atoms with van der Waals surface area (Å²) in [6, 6.07) is 1.66. The van der Waals surface area contributed by atoms with Crippen LogP contribution in [0.25, 0.3) is 0 Å². The minimum Gasteiger partial charge on any atom is -0.384 e. The van der Waals surface area contributed by atoms with Crippen LogP contribution in [-0.2, 0) is 12.6 Å². The number of alkyl halides is 3. The highest BCUT2D eigenvalue weighted by Crippen LogP contribution is 2.44. The van der Waals surface area contributed by atoms with Crippen LogP contribution < -0.4 is 0 Å². The monoisotopic (exact) mass is 248 g/mol. The molecule has 3 nitrogen and oxygen atoms in total. The van der Waals surface area contributed by atoms with Crippen LogP contribution in [0.5, 0.6) is 0 Å². The van der Waals surface area contributed by atoms with E-state index in [1.54, 1.807) is 19.3 Å². The van der Waals surface area contributed by atoms with Crippen molar-refractivity contribution in [1.82, 2.24) is 9.78 Å². The molecule has 0 spiro atoms. The molecule has 17 heavy (non-hydrogen) atoms. The average Bonchev–Trinajstić information content (AvgIpc) is 2.64. The molecule has 1 aromatic heterocycles. The first kappa shape index (κ1) is 12.4. The summed E-state index contributed by atoms with van der Waals surface area (Å²) in [5.74, 6) is -1.28. The van der Waals surface area contributed by atoms with E-state index in [1.165, 1.54) is 4.68 Å². The highest BCUT2D eigenvalue weighted by molar-refractivity contribution is 5.13. The van der Waals surface area contributed by atoms with Gasteiger partial charge in [-0.1, -0.05) is 0 Å². The van der Waals surface area contributed by atoms with Crippen molar-refractivity contribution in [1.29, 1.82) is 0 Å². The van der Waals surface area contributed by atoms with Crippen LogP contribution in [0.1, 0.15) is 31.4 Å². The Morgan fingerprint density at radius 1 is 1.41 bits per heavy atom. The number of rotatable bonds is 1. The minimum absolute atomic E-state index is 0.0226. The fourth-order valence-electron chi connectivity index (χ4n) is 2.51. The number of aryl methyl sites for hydroxylation is 1. The second-order valence-electron chi connectivity index (χ2n) is 4.69. The topological polar surface area (TPSA) is 38.0 Å². The van der Waals surface area contributed by atoms with Gasteiger partial charge in [-0.15, -0.1) is 0 Å². The van der Waals surface area contributed by atoms with Gasteiger partial charge < -0.3 is 5.11 Å². The molecule has 1 fully saturated rings. The van der Waals surface area contributed by atoms with Crippen molar-refractivity contribution >= 4 is 0 Å². The van der Waals surface area contributed by atoms with E-state index in [1.807, 2.05) is 0 Å². The lowest BCUT2D eigenvalue weighted by atomic mass is 9.77. The molecule has 0 atom stereocenters. The Labute approximate surface area is 97.2 Å². The van der Waals surface area contributed by atoms with Crippen molar-refractivity contribution in [2.45, 2.75) is 37.5 Å². The second-order valence-corrected chi connectivity index (χ2v) is 4.69. The summed E-state index contributed by atoms with van der Waals surface area (Å²) in [5, 5.41) is 14.3. The third kappa shape index (κ3) is 2.31. The summed E-state index contributed by atoms with van der Waals surface area (Å²) < 4.78 is 39.1.